The van der Waals surface area contributed by atoms with Crippen LogP contribution < -0.4 is 9.62 Å². The van der Waals surface area contributed by atoms with Crippen LogP contribution >= 0.6 is 11.6 Å². The number of hydrogen-bond acceptors (Lipinski definition) is 4. The Morgan fingerprint density at radius 2 is 1.64 bits per heavy atom. The zero-order valence-corrected chi connectivity index (χ0v) is 25.1. The quantitative estimate of drug-likeness (QED) is 0.260. The number of halogens is 4. The molecule has 0 aliphatic rings. The van der Waals surface area contributed by atoms with Crippen molar-refractivity contribution in [3.8, 4) is 0 Å². The van der Waals surface area contributed by atoms with Gasteiger partial charge in [0.1, 0.15) is 12.6 Å². The molecule has 3 aromatic rings. The van der Waals surface area contributed by atoms with Crippen molar-refractivity contribution < 1.29 is 31.2 Å². The molecule has 3 aromatic carbocycles. The molecule has 1 N–H and O–H groups in total. The van der Waals surface area contributed by atoms with Gasteiger partial charge in [-0.25, -0.2) is 8.42 Å². The lowest BCUT2D eigenvalue weighted by Crippen LogP contribution is -2.52. The van der Waals surface area contributed by atoms with Gasteiger partial charge in [-0.3, -0.25) is 13.9 Å². The van der Waals surface area contributed by atoms with Crippen LogP contribution in [-0.2, 0) is 32.3 Å². The molecule has 0 saturated carbocycles. The van der Waals surface area contributed by atoms with Crippen molar-refractivity contribution in [2.24, 2.45) is 0 Å². The number of nitrogens with zero attached hydrogens (tertiary/aromatic N) is 2. The van der Waals surface area contributed by atoms with Gasteiger partial charge in [-0.2, -0.15) is 13.2 Å². The Morgan fingerprint density at radius 1 is 0.976 bits per heavy atom. The number of sulfonamides is 1. The number of alkyl halides is 3. The average Bonchev–Trinajstić information content (AvgIpc) is 2.95. The van der Waals surface area contributed by atoms with Gasteiger partial charge in [0, 0.05) is 18.1 Å². The maximum Gasteiger partial charge on any atom is 0.416 e. The molecule has 0 saturated heterocycles. The SMILES string of the molecule is CCCNC(=O)[C@H](CC)N(Cc1ccccc1Cl)C(=O)CN(c1cccc(C(F)(F)F)c1)S(=O)(=O)c1ccc(C)cc1. The van der Waals surface area contributed by atoms with Gasteiger partial charge in [0.2, 0.25) is 11.8 Å². The van der Waals surface area contributed by atoms with Gasteiger partial charge >= 0.3 is 6.18 Å². The monoisotopic (exact) mass is 623 g/mol. The van der Waals surface area contributed by atoms with E-state index in [2.05, 4.69) is 5.32 Å². The number of carbonyl (C=O) groups is 2. The van der Waals surface area contributed by atoms with Crippen LogP contribution in [0, 0.1) is 6.92 Å². The number of nitrogens with one attached hydrogen (secondary N) is 1. The number of rotatable bonds is 12. The first-order valence-corrected chi connectivity index (χ1v) is 15.2. The van der Waals surface area contributed by atoms with E-state index in [1.165, 1.54) is 23.1 Å². The fourth-order valence-corrected chi connectivity index (χ4v) is 5.90. The van der Waals surface area contributed by atoms with Gasteiger partial charge in [0.25, 0.3) is 10.0 Å². The molecule has 0 aromatic heterocycles. The molecule has 0 heterocycles. The topological polar surface area (TPSA) is 86.8 Å². The Labute approximate surface area is 249 Å². The minimum Gasteiger partial charge on any atom is -0.354 e. The summed E-state index contributed by atoms with van der Waals surface area (Å²) < 4.78 is 69.2. The van der Waals surface area contributed by atoms with Crippen molar-refractivity contribution in [2.45, 2.75) is 57.3 Å². The predicted molar refractivity (Wildman–Crippen MR) is 157 cm³/mol. The van der Waals surface area contributed by atoms with E-state index >= 15 is 0 Å². The van der Waals surface area contributed by atoms with Crippen molar-refractivity contribution in [2.75, 3.05) is 17.4 Å². The molecule has 7 nitrogen and oxygen atoms in total. The lowest BCUT2D eigenvalue weighted by molar-refractivity contribution is -0.140. The van der Waals surface area contributed by atoms with E-state index in [1.807, 2.05) is 6.92 Å². The predicted octanol–water partition coefficient (Wildman–Crippen LogP) is 6.20. The first-order chi connectivity index (χ1) is 19.8. The summed E-state index contributed by atoms with van der Waals surface area (Å²) in [5.74, 6) is -1.23. The molecule has 3 rings (SSSR count). The Balaban J connectivity index is 2.12. The maximum atomic E-state index is 14.0. The zero-order chi connectivity index (χ0) is 31.1. The molecule has 12 heteroatoms. The second-order valence-corrected chi connectivity index (χ2v) is 12.0. The van der Waals surface area contributed by atoms with Crippen LogP contribution in [0.1, 0.15) is 43.4 Å². The summed E-state index contributed by atoms with van der Waals surface area (Å²) in [6.07, 6.45) is -3.90. The fourth-order valence-electron chi connectivity index (χ4n) is 4.30. The molecule has 0 spiro atoms. The largest absolute Gasteiger partial charge is 0.416 e. The van der Waals surface area contributed by atoms with E-state index in [1.54, 1.807) is 50.2 Å². The van der Waals surface area contributed by atoms with Crippen molar-refractivity contribution in [3.63, 3.8) is 0 Å². The highest BCUT2D eigenvalue weighted by molar-refractivity contribution is 7.92. The van der Waals surface area contributed by atoms with Gasteiger partial charge in [0.05, 0.1) is 16.1 Å². The normalized spacial score (nSPS) is 12.5. The molecule has 0 aliphatic heterocycles. The van der Waals surface area contributed by atoms with Crippen LogP contribution in [-0.4, -0.2) is 44.3 Å². The maximum absolute atomic E-state index is 14.0. The first kappa shape index (κ1) is 32.9. The highest BCUT2D eigenvalue weighted by Gasteiger charge is 2.36. The molecular formula is C30H33ClF3N3O4S. The summed E-state index contributed by atoms with van der Waals surface area (Å²) in [5, 5.41) is 3.10. The average molecular weight is 624 g/mol. The van der Waals surface area contributed by atoms with Crippen LogP contribution in [0.2, 0.25) is 5.02 Å². The summed E-state index contributed by atoms with van der Waals surface area (Å²) in [5.41, 5.74) is -0.138. The zero-order valence-electron chi connectivity index (χ0n) is 23.5. The summed E-state index contributed by atoms with van der Waals surface area (Å²) in [6, 6.07) is 15.2. The Bertz CT molecular complexity index is 1500. The summed E-state index contributed by atoms with van der Waals surface area (Å²) in [6.45, 7) is 4.71. The lowest BCUT2D eigenvalue weighted by atomic mass is 10.1. The van der Waals surface area contributed by atoms with E-state index in [4.69, 9.17) is 11.6 Å². The number of aryl methyl sites for hydroxylation is 1. The summed E-state index contributed by atoms with van der Waals surface area (Å²) in [7, 11) is -4.52. The Kier molecular flexibility index (Phi) is 11.0. The molecule has 42 heavy (non-hydrogen) atoms. The van der Waals surface area contributed by atoms with Crippen LogP contribution in [0.25, 0.3) is 0 Å². The number of hydrogen-bond donors (Lipinski definition) is 1. The van der Waals surface area contributed by atoms with E-state index in [9.17, 15) is 31.2 Å². The fraction of sp³-hybridized carbons (Fsp3) is 0.333. The highest BCUT2D eigenvalue weighted by atomic mass is 35.5. The van der Waals surface area contributed by atoms with Gasteiger partial charge in [-0.15, -0.1) is 0 Å². The van der Waals surface area contributed by atoms with E-state index < -0.39 is 46.2 Å². The van der Waals surface area contributed by atoms with Crippen molar-refractivity contribution in [1.29, 1.82) is 0 Å². The Morgan fingerprint density at radius 3 is 2.24 bits per heavy atom. The molecule has 0 fully saturated rings. The summed E-state index contributed by atoms with van der Waals surface area (Å²) in [4.78, 5) is 28.1. The number of amides is 2. The Hall–Kier alpha value is -3.57. The molecule has 1 atom stereocenters. The van der Waals surface area contributed by atoms with E-state index in [-0.39, 0.29) is 23.5 Å². The number of benzene rings is 3. The molecule has 2 amide bonds. The molecular weight excluding hydrogens is 591 g/mol. The summed E-state index contributed by atoms with van der Waals surface area (Å²) >= 11 is 6.36. The van der Waals surface area contributed by atoms with E-state index in [0.29, 0.717) is 33.9 Å². The third-order valence-electron chi connectivity index (χ3n) is 6.58. The van der Waals surface area contributed by atoms with Crippen LogP contribution in [0.15, 0.2) is 77.7 Å². The standard InChI is InChI=1S/C30H33ClF3N3O4S/c1-4-17-35-29(39)27(5-2)36(19-22-9-6-7-12-26(22)31)28(38)20-37(24-11-8-10-23(18-24)30(32,33)34)42(40,41)25-15-13-21(3)14-16-25/h6-16,18,27H,4-5,17,19-20H2,1-3H3,(H,35,39)/t27-/m0/s1. The molecule has 0 bridgehead atoms. The first-order valence-electron chi connectivity index (χ1n) is 13.4. The minimum atomic E-state index is -4.75. The third-order valence-corrected chi connectivity index (χ3v) is 8.74. The van der Waals surface area contributed by atoms with Gasteiger partial charge in [-0.1, -0.05) is 67.4 Å². The molecule has 0 aliphatic carbocycles. The van der Waals surface area contributed by atoms with Gasteiger partial charge in [-0.05, 0) is 61.7 Å². The van der Waals surface area contributed by atoms with Gasteiger partial charge in [0.15, 0.2) is 0 Å². The van der Waals surface area contributed by atoms with Crippen LogP contribution in [0.3, 0.4) is 0 Å². The third kappa shape index (κ3) is 8.04. The van der Waals surface area contributed by atoms with E-state index in [0.717, 1.165) is 17.7 Å². The number of anilines is 1. The highest BCUT2D eigenvalue weighted by Crippen LogP contribution is 2.33. The molecule has 0 radical (unpaired) electrons. The van der Waals surface area contributed by atoms with Crippen LogP contribution in [0.4, 0.5) is 18.9 Å². The van der Waals surface area contributed by atoms with Gasteiger partial charge < -0.3 is 10.2 Å². The van der Waals surface area contributed by atoms with Crippen LogP contribution in [0.5, 0.6) is 0 Å². The number of carbonyl (C=O) groups excluding carboxylic acids is 2. The lowest BCUT2D eigenvalue weighted by Gasteiger charge is -2.33. The molecule has 0 unspecified atom stereocenters. The van der Waals surface area contributed by atoms with Crippen molar-refractivity contribution in [3.05, 3.63) is 94.5 Å². The second kappa shape index (κ2) is 14.1. The second-order valence-electron chi connectivity index (χ2n) is 9.70. The minimum absolute atomic E-state index is 0.127. The smallest absolute Gasteiger partial charge is 0.354 e. The van der Waals surface area contributed by atoms with Crippen molar-refractivity contribution >= 4 is 39.1 Å². The molecule has 226 valence electrons. The van der Waals surface area contributed by atoms with Crippen molar-refractivity contribution in [1.82, 2.24) is 10.2 Å².